The number of carbonyl (C=O) groups is 2. The number of rotatable bonds is 4. The number of carbonyl (C=O) groups excluding carboxylic acids is 2. The van der Waals surface area contributed by atoms with Crippen molar-refractivity contribution < 1.29 is 14.3 Å². The molecule has 0 bridgehead atoms. The third kappa shape index (κ3) is 4.23. The summed E-state index contributed by atoms with van der Waals surface area (Å²) in [4.78, 5) is 28.1. The van der Waals surface area contributed by atoms with Crippen LogP contribution in [0.2, 0.25) is 5.02 Å². The monoisotopic (exact) mass is 436 g/mol. The smallest absolute Gasteiger partial charge is 0.254 e. The van der Waals surface area contributed by atoms with Gasteiger partial charge in [0, 0.05) is 34.7 Å². The lowest BCUT2D eigenvalue weighted by molar-refractivity contribution is -0.121. The van der Waals surface area contributed by atoms with E-state index >= 15 is 0 Å². The minimum Gasteiger partial charge on any atom is -0.496 e. The van der Waals surface area contributed by atoms with Crippen LogP contribution >= 0.6 is 11.6 Å². The molecule has 1 heterocycles. The number of nitrogens with one attached hydrogen (secondary N) is 1. The van der Waals surface area contributed by atoms with Crippen LogP contribution in [-0.2, 0) is 4.79 Å². The maximum absolute atomic E-state index is 13.4. The highest BCUT2D eigenvalue weighted by molar-refractivity contribution is 6.31. The highest BCUT2D eigenvalue weighted by atomic mass is 35.5. The van der Waals surface area contributed by atoms with Crippen molar-refractivity contribution in [1.29, 1.82) is 0 Å². The Morgan fingerprint density at radius 1 is 1.06 bits per heavy atom. The highest BCUT2D eigenvalue weighted by Crippen LogP contribution is 2.30. The fraction of sp³-hybridized carbons (Fsp3) is 0.280. The second kappa shape index (κ2) is 8.98. The lowest BCUT2D eigenvalue weighted by Crippen LogP contribution is -2.43. The van der Waals surface area contributed by atoms with E-state index in [1.807, 2.05) is 55.5 Å². The van der Waals surface area contributed by atoms with Crippen molar-refractivity contribution in [3.8, 4) is 5.75 Å². The van der Waals surface area contributed by atoms with Gasteiger partial charge in [0.25, 0.3) is 5.91 Å². The molecule has 6 heteroatoms. The maximum atomic E-state index is 13.4. The first-order valence-electron chi connectivity index (χ1n) is 10.4. The number of anilines is 1. The van der Waals surface area contributed by atoms with Gasteiger partial charge in [-0.2, -0.15) is 0 Å². The van der Waals surface area contributed by atoms with Gasteiger partial charge in [0.15, 0.2) is 0 Å². The number of piperidine rings is 1. The normalized spacial score (nSPS) is 16.2. The predicted octanol–water partition coefficient (Wildman–Crippen LogP) is 5.30. The van der Waals surface area contributed by atoms with E-state index in [0.29, 0.717) is 29.4 Å². The Kier molecular flexibility index (Phi) is 6.14. The standard InChI is InChI=1S/C25H25ClN2O3/c1-16-21(26)10-5-11-22(16)27-24(29)17-7-6-14-28(15-17)25(30)20-12-13-23(31-2)19-9-4-3-8-18(19)20/h3-5,8-13,17H,6-7,14-15H2,1-2H3,(H,27,29). The van der Waals surface area contributed by atoms with Crippen LogP contribution in [0, 0.1) is 12.8 Å². The molecule has 1 aliphatic rings. The maximum Gasteiger partial charge on any atom is 0.254 e. The summed E-state index contributed by atoms with van der Waals surface area (Å²) in [5, 5.41) is 5.36. The van der Waals surface area contributed by atoms with Crippen LogP contribution in [0.3, 0.4) is 0 Å². The third-order valence-electron chi connectivity index (χ3n) is 5.94. The summed E-state index contributed by atoms with van der Waals surface area (Å²) >= 11 is 6.17. The van der Waals surface area contributed by atoms with Gasteiger partial charge < -0.3 is 15.0 Å². The molecular formula is C25H25ClN2O3. The molecular weight excluding hydrogens is 412 g/mol. The van der Waals surface area contributed by atoms with Crippen LogP contribution in [0.25, 0.3) is 10.8 Å². The van der Waals surface area contributed by atoms with Crippen molar-refractivity contribution in [1.82, 2.24) is 4.90 Å². The summed E-state index contributed by atoms with van der Waals surface area (Å²) in [6.45, 7) is 2.91. The molecule has 0 spiro atoms. The van der Waals surface area contributed by atoms with Crippen LogP contribution in [0.5, 0.6) is 5.75 Å². The Morgan fingerprint density at radius 3 is 2.61 bits per heavy atom. The minimum atomic E-state index is -0.263. The van der Waals surface area contributed by atoms with Crippen molar-refractivity contribution in [2.75, 3.05) is 25.5 Å². The molecule has 160 valence electrons. The summed E-state index contributed by atoms with van der Waals surface area (Å²) < 4.78 is 5.44. The van der Waals surface area contributed by atoms with Gasteiger partial charge in [-0.05, 0) is 55.0 Å². The molecule has 1 atom stereocenters. The first-order chi connectivity index (χ1) is 15.0. The zero-order valence-corrected chi connectivity index (χ0v) is 18.4. The molecule has 5 nitrogen and oxygen atoms in total. The molecule has 1 N–H and O–H groups in total. The molecule has 31 heavy (non-hydrogen) atoms. The number of halogens is 1. The topological polar surface area (TPSA) is 58.6 Å². The first kappa shape index (κ1) is 21.2. The molecule has 1 fully saturated rings. The highest BCUT2D eigenvalue weighted by Gasteiger charge is 2.30. The van der Waals surface area contributed by atoms with Crippen LogP contribution in [0.1, 0.15) is 28.8 Å². The number of nitrogens with zero attached hydrogens (tertiary/aromatic N) is 1. The Labute approximate surface area is 186 Å². The van der Waals surface area contributed by atoms with E-state index < -0.39 is 0 Å². The van der Waals surface area contributed by atoms with Gasteiger partial charge in [0.1, 0.15) is 5.75 Å². The Balaban J connectivity index is 1.54. The van der Waals surface area contributed by atoms with Gasteiger partial charge in [-0.15, -0.1) is 0 Å². The summed E-state index contributed by atoms with van der Waals surface area (Å²) in [6, 6.07) is 16.8. The molecule has 2 amide bonds. The van der Waals surface area contributed by atoms with E-state index in [0.717, 1.165) is 34.9 Å². The predicted molar refractivity (Wildman–Crippen MR) is 124 cm³/mol. The summed E-state index contributed by atoms with van der Waals surface area (Å²) in [5.41, 5.74) is 2.18. The molecule has 1 unspecified atom stereocenters. The van der Waals surface area contributed by atoms with Crippen molar-refractivity contribution in [3.05, 3.63) is 70.7 Å². The van der Waals surface area contributed by atoms with E-state index in [1.165, 1.54) is 0 Å². The number of fused-ring (bicyclic) bond motifs is 1. The van der Waals surface area contributed by atoms with Crippen molar-refractivity contribution in [2.45, 2.75) is 19.8 Å². The van der Waals surface area contributed by atoms with Crippen LogP contribution in [0.15, 0.2) is 54.6 Å². The number of hydrogen-bond donors (Lipinski definition) is 1. The molecule has 0 radical (unpaired) electrons. The second-order valence-corrected chi connectivity index (χ2v) is 8.26. The zero-order valence-electron chi connectivity index (χ0n) is 17.7. The van der Waals surface area contributed by atoms with E-state index in [2.05, 4.69) is 5.32 Å². The summed E-state index contributed by atoms with van der Waals surface area (Å²) in [5.74, 6) is 0.332. The number of ether oxygens (including phenoxy) is 1. The Hall–Kier alpha value is -3.05. The minimum absolute atomic E-state index is 0.0599. The van der Waals surface area contributed by atoms with Crippen LogP contribution in [0.4, 0.5) is 5.69 Å². The first-order valence-corrected chi connectivity index (χ1v) is 10.8. The number of methoxy groups -OCH3 is 1. The van der Waals surface area contributed by atoms with E-state index in [9.17, 15) is 9.59 Å². The SMILES string of the molecule is COc1ccc(C(=O)N2CCCC(C(=O)Nc3cccc(Cl)c3C)C2)c2ccccc12. The number of hydrogen-bond acceptors (Lipinski definition) is 3. The van der Waals surface area contributed by atoms with Gasteiger partial charge in [0.2, 0.25) is 5.91 Å². The van der Waals surface area contributed by atoms with Crippen molar-refractivity contribution >= 4 is 39.9 Å². The summed E-state index contributed by atoms with van der Waals surface area (Å²) in [7, 11) is 1.62. The average Bonchev–Trinajstić information content (AvgIpc) is 2.81. The van der Waals surface area contributed by atoms with Crippen molar-refractivity contribution in [3.63, 3.8) is 0 Å². The molecule has 1 saturated heterocycles. The molecule has 0 aliphatic carbocycles. The molecule has 3 aromatic rings. The zero-order chi connectivity index (χ0) is 22.0. The van der Waals surface area contributed by atoms with Gasteiger partial charge >= 0.3 is 0 Å². The number of amides is 2. The third-order valence-corrected chi connectivity index (χ3v) is 6.35. The van der Waals surface area contributed by atoms with Crippen molar-refractivity contribution in [2.24, 2.45) is 5.92 Å². The lowest BCUT2D eigenvalue weighted by Gasteiger charge is -2.32. The Bertz CT molecular complexity index is 1140. The van der Waals surface area contributed by atoms with Crippen LogP contribution in [-0.4, -0.2) is 36.9 Å². The molecule has 4 rings (SSSR count). The summed E-state index contributed by atoms with van der Waals surface area (Å²) in [6.07, 6.45) is 1.53. The average molecular weight is 437 g/mol. The second-order valence-electron chi connectivity index (χ2n) is 7.85. The van der Waals surface area contributed by atoms with E-state index in [1.54, 1.807) is 18.1 Å². The molecule has 0 saturated carbocycles. The van der Waals surface area contributed by atoms with Gasteiger partial charge in [0.05, 0.1) is 13.0 Å². The van der Waals surface area contributed by atoms with E-state index in [-0.39, 0.29) is 17.7 Å². The largest absolute Gasteiger partial charge is 0.496 e. The molecule has 3 aromatic carbocycles. The molecule has 0 aromatic heterocycles. The molecule has 1 aliphatic heterocycles. The number of benzene rings is 3. The lowest BCUT2D eigenvalue weighted by atomic mass is 9.95. The quantitative estimate of drug-likeness (QED) is 0.603. The van der Waals surface area contributed by atoms with Crippen LogP contribution < -0.4 is 10.1 Å². The number of likely N-dealkylation sites (tertiary alicyclic amines) is 1. The fourth-order valence-corrected chi connectivity index (χ4v) is 4.33. The van der Waals surface area contributed by atoms with Gasteiger partial charge in [-0.1, -0.05) is 41.9 Å². The van der Waals surface area contributed by atoms with Gasteiger partial charge in [-0.3, -0.25) is 9.59 Å². The van der Waals surface area contributed by atoms with Gasteiger partial charge in [-0.25, -0.2) is 0 Å². The Morgan fingerprint density at radius 2 is 1.84 bits per heavy atom. The fourth-order valence-electron chi connectivity index (χ4n) is 4.16. The van der Waals surface area contributed by atoms with E-state index in [4.69, 9.17) is 16.3 Å².